The van der Waals surface area contributed by atoms with Gasteiger partial charge >= 0.3 is 0 Å². The molecule has 0 spiro atoms. The van der Waals surface area contributed by atoms with Gasteiger partial charge in [0.05, 0.1) is 19.9 Å². The molecule has 0 fully saturated rings. The van der Waals surface area contributed by atoms with Crippen molar-refractivity contribution in [1.29, 1.82) is 0 Å². The van der Waals surface area contributed by atoms with E-state index in [-0.39, 0.29) is 0 Å². The van der Waals surface area contributed by atoms with Crippen molar-refractivity contribution in [3.8, 4) is 11.5 Å². The SMILES string of the molecule is COc1ccc(C(O)NC2=CCCC=C2c2cn3cc(CN(C)C)sc3n2)cc1OC. The van der Waals surface area contributed by atoms with Crippen molar-refractivity contribution in [2.45, 2.75) is 25.6 Å². The number of hydrogen-bond acceptors (Lipinski definition) is 7. The van der Waals surface area contributed by atoms with Crippen LogP contribution >= 0.6 is 11.3 Å². The summed E-state index contributed by atoms with van der Waals surface area (Å²) >= 11 is 1.70. The number of fused-ring (bicyclic) bond motifs is 1. The number of imidazole rings is 1. The van der Waals surface area contributed by atoms with Crippen LogP contribution in [0.1, 0.15) is 35.2 Å². The van der Waals surface area contributed by atoms with Crippen LogP contribution in [0, 0.1) is 0 Å². The number of allylic oxidation sites excluding steroid dienone is 3. The normalized spacial score (nSPS) is 15.0. The zero-order valence-corrected chi connectivity index (χ0v) is 19.1. The molecule has 2 heterocycles. The molecule has 31 heavy (non-hydrogen) atoms. The molecule has 0 aliphatic heterocycles. The summed E-state index contributed by atoms with van der Waals surface area (Å²) in [5, 5.41) is 14.1. The molecule has 0 saturated heterocycles. The molecule has 0 amide bonds. The van der Waals surface area contributed by atoms with Crippen molar-refractivity contribution < 1.29 is 14.6 Å². The average molecular weight is 441 g/mol. The van der Waals surface area contributed by atoms with E-state index in [9.17, 15) is 5.11 Å². The zero-order valence-electron chi connectivity index (χ0n) is 18.3. The molecule has 2 aromatic heterocycles. The quantitative estimate of drug-likeness (QED) is 0.519. The van der Waals surface area contributed by atoms with Crippen LogP contribution in [-0.4, -0.2) is 47.7 Å². The van der Waals surface area contributed by atoms with Crippen LogP contribution in [0.4, 0.5) is 0 Å². The molecular weight excluding hydrogens is 412 g/mol. The smallest absolute Gasteiger partial charge is 0.194 e. The fraction of sp³-hybridized carbons (Fsp3) is 0.348. The summed E-state index contributed by atoms with van der Waals surface area (Å²) in [6, 6.07) is 5.40. The Hall–Kier alpha value is -2.81. The first-order valence-electron chi connectivity index (χ1n) is 10.2. The zero-order chi connectivity index (χ0) is 22.0. The topological polar surface area (TPSA) is 71.3 Å². The van der Waals surface area contributed by atoms with Gasteiger partial charge in [-0.2, -0.15) is 0 Å². The van der Waals surface area contributed by atoms with Gasteiger partial charge in [0.2, 0.25) is 0 Å². The molecule has 4 rings (SSSR count). The molecule has 8 heteroatoms. The third-order valence-corrected chi connectivity index (χ3v) is 6.10. The van der Waals surface area contributed by atoms with E-state index in [1.807, 2.05) is 6.07 Å². The molecule has 2 N–H and O–H groups in total. The van der Waals surface area contributed by atoms with E-state index in [0.29, 0.717) is 17.1 Å². The monoisotopic (exact) mass is 440 g/mol. The number of aromatic nitrogens is 2. The van der Waals surface area contributed by atoms with Gasteiger partial charge < -0.3 is 24.8 Å². The summed E-state index contributed by atoms with van der Waals surface area (Å²) in [6.45, 7) is 0.899. The van der Waals surface area contributed by atoms with Gasteiger partial charge in [-0.3, -0.25) is 4.40 Å². The van der Waals surface area contributed by atoms with Gasteiger partial charge in [-0.15, -0.1) is 0 Å². The van der Waals surface area contributed by atoms with E-state index in [0.717, 1.165) is 41.3 Å². The first kappa shape index (κ1) is 21.4. The van der Waals surface area contributed by atoms with E-state index in [1.54, 1.807) is 37.7 Å². The second-order valence-electron chi connectivity index (χ2n) is 7.73. The molecule has 1 aromatic carbocycles. The standard InChI is InChI=1S/C23H28N4O3S/c1-26(2)12-16-13-27-14-19(25-23(27)31-16)17-7-5-6-8-18(17)24-22(28)15-9-10-20(29-3)21(11-15)30-4/h7-11,13-14,22,24,28H,5-6,12H2,1-4H3. The predicted octanol–water partition coefficient (Wildman–Crippen LogP) is 3.82. The van der Waals surface area contributed by atoms with Gasteiger partial charge in [-0.05, 0) is 39.1 Å². The first-order valence-corrected chi connectivity index (χ1v) is 11.0. The highest BCUT2D eigenvalue weighted by Crippen LogP contribution is 2.32. The lowest BCUT2D eigenvalue weighted by atomic mass is 10.0. The van der Waals surface area contributed by atoms with Gasteiger partial charge in [-0.25, -0.2) is 4.98 Å². The van der Waals surface area contributed by atoms with Crippen LogP contribution in [-0.2, 0) is 6.54 Å². The first-order chi connectivity index (χ1) is 15.0. The van der Waals surface area contributed by atoms with Crippen LogP contribution < -0.4 is 14.8 Å². The second-order valence-corrected chi connectivity index (χ2v) is 8.82. The Balaban J connectivity index is 1.54. The Morgan fingerprint density at radius 3 is 2.65 bits per heavy atom. The minimum Gasteiger partial charge on any atom is -0.493 e. The minimum atomic E-state index is -0.886. The molecule has 0 radical (unpaired) electrons. The van der Waals surface area contributed by atoms with E-state index >= 15 is 0 Å². The van der Waals surface area contributed by atoms with Gasteiger partial charge in [0.1, 0.15) is 0 Å². The number of aliphatic hydroxyl groups is 1. The van der Waals surface area contributed by atoms with E-state index < -0.39 is 6.23 Å². The van der Waals surface area contributed by atoms with Crippen LogP contribution in [0.3, 0.4) is 0 Å². The van der Waals surface area contributed by atoms with E-state index in [4.69, 9.17) is 14.5 Å². The largest absolute Gasteiger partial charge is 0.493 e. The van der Waals surface area contributed by atoms with Gasteiger partial charge in [0, 0.05) is 40.6 Å². The maximum Gasteiger partial charge on any atom is 0.194 e. The number of rotatable bonds is 8. The maximum atomic E-state index is 10.8. The Morgan fingerprint density at radius 1 is 1.16 bits per heavy atom. The summed E-state index contributed by atoms with van der Waals surface area (Å²) in [7, 11) is 7.30. The summed E-state index contributed by atoms with van der Waals surface area (Å²) in [6.07, 6.45) is 9.46. The molecule has 1 aliphatic rings. The Morgan fingerprint density at radius 2 is 1.94 bits per heavy atom. The summed E-state index contributed by atoms with van der Waals surface area (Å²) in [4.78, 5) is 9.23. The fourth-order valence-electron chi connectivity index (χ4n) is 3.67. The number of ether oxygens (including phenoxy) is 2. The molecule has 3 aromatic rings. The lowest BCUT2D eigenvalue weighted by Gasteiger charge is -2.22. The lowest BCUT2D eigenvalue weighted by Crippen LogP contribution is -2.22. The van der Waals surface area contributed by atoms with E-state index in [2.05, 4.69) is 53.3 Å². The molecule has 1 unspecified atom stereocenters. The fourth-order valence-corrected chi connectivity index (χ4v) is 4.74. The third-order valence-electron chi connectivity index (χ3n) is 5.12. The summed E-state index contributed by atoms with van der Waals surface area (Å²) < 4.78 is 12.7. The number of thiazole rings is 1. The minimum absolute atomic E-state index is 0.581. The van der Waals surface area contributed by atoms with Crippen molar-refractivity contribution in [1.82, 2.24) is 19.6 Å². The Labute approximate surface area is 186 Å². The van der Waals surface area contributed by atoms with Crippen LogP contribution in [0.25, 0.3) is 10.5 Å². The van der Waals surface area contributed by atoms with Crippen LogP contribution in [0.15, 0.2) is 48.4 Å². The van der Waals surface area contributed by atoms with Gasteiger partial charge in [-0.1, -0.05) is 29.6 Å². The van der Waals surface area contributed by atoms with Crippen molar-refractivity contribution in [3.05, 3.63) is 64.6 Å². The predicted molar refractivity (Wildman–Crippen MR) is 123 cm³/mol. The maximum absolute atomic E-state index is 10.8. The Kier molecular flexibility index (Phi) is 6.31. The molecule has 164 valence electrons. The Bertz CT molecular complexity index is 1100. The number of aliphatic hydroxyl groups excluding tert-OH is 1. The molecule has 1 atom stereocenters. The van der Waals surface area contributed by atoms with Crippen LogP contribution in [0.5, 0.6) is 11.5 Å². The molecule has 0 bridgehead atoms. The van der Waals surface area contributed by atoms with Crippen molar-refractivity contribution >= 4 is 21.9 Å². The highest BCUT2D eigenvalue weighted by molar-refractivity contribution is 7.17. The van der Waals surface area contributed by atoms with Crippen molar-refractivity contribution in [3.63, 3.8) is 0 Å². The third kappa shape index (κ3) is 4.61. The summed E-state index contributed by atoms with van der Waals surface area (Å²) in [5.74, 6) is 1.21. The lowest BCUT2D eigenvalue weighted by molar-refractivity contribution is 0.152. The van der Waals surface area contributed by atoms with Crippen molar-refractivity contribution in [2.24, 2.45) is 0 Å². The molecular formula is C23H28N4O3S. The summed E-state index contributed by atoms with van der Waals surface area (Å²) in [5.41, 5.74) is 3.49. The van der Waals surface area contributed by atoms with Crippen molar-refractivity contribution in [2.75, 3.05) is 28.3 Å². The van der Waals surface area contributed by atoms with Gasteiger partial charge in [0.25, 0.3) is 0 Å². The number of nitrogens with one attached hydrogen (secondary N) is 1. The number of hydrogen-bond donors (Lipinski definition) is 2. The number of nitrogens with zero attached hydrogens (tertiary/aromatic N) is 3. The second kappa shape index (κ2) is 9.13. The highest BCUT2D eigenvalue weighted by atomic mass is 32.1. The number of benzene rings is 1. The molecule has 1 aliphatic carbocycles. The number of methoxy groups -OCH3 is 2. The molecule has 7 nitrogen and oxygen atoms in total. The van der Waals surface area contributed by atoms with E-state index in [1.165, 1.54) is 4.88 Å². The molecule has 0 saturated carbocycles. The van der Waals surface area contributed by atoms with Gasteiger partial charge in [0.15, 0.2) is 22.7 Å². The van der Waals surface area contributed by atoms with Crippen LogP contribution in [0.2, 0.25) is 0 Å². The highest BCUT2D eigenvalue weighted by Gasteiger charge is 2.19. The average Bonchev–Trinajstić information content (AvgIpc) is 3.31.